The molecule has 0 saturated carbocycles. The molecule has 0 aliphatic heterocycles. The third-order valence-corrected chi connectivity index (χ3v) is 11.1. The van der Waals surface area contributed by atoms with Crippen molar-refractivity contribution in [3.05, 3.63) is 142 Å². The Morgan fingerprint density at radius 2 is 0.678 bits per heavy atom. The Labute approximate surface area is 510 Å². The van der Waals surface area contributed by atoms with Gasteiger partial charge in [0, 0.05) is 64.5 Å². The lowest BCUT2D eigenvalue weighted by molar-refractivity contribution is -0.123. The minimum atomic E-state index is -0.768. The van der Waals surface area contributed by atoms with E-state index in [9.17, 15) is 28.8 Å². The van der Waals surface area contributed by atoms with Crippen LogP contribution >= 0.6 is 0 Å². The smallest absolute Gasteiger partial charge is 0.407 e. The molecule has 0 unspecified atom stereocenters. The topological polar surface area (TPSA) is 271 Å². The van der Waals surface area contributed by atoms with Crippen LogP contribution in [0.15, 0.2) is 84.9 Å². The van der Waals surface area contributed by atoms with Crippen LogP contribution < -0.4 is 15.4 Å². The first-order chi connectivity index (χ1) is 40.6. The predicted molar refractivity (Wildman–Crippen MR) is 322 cm³/mol. The minimum Gasteiger partial charge on any atom is -0.484 e. The summed E-state index contributed by atoms with van der Waals surface area (Å²) in [7, 11) is 0. The Bertz CT molecular complexity index is 2800. The number of nitrogens with one attached hydrogen (secondary N) is 2. The first-order valence-corrected chi connectivity index (χ1v) is 28.9. The van der Waals surface area contributed by atoms with E-state index < -0.39 is 63.9 Å². The van der Waals surface area contributed by atoms with Crippen LogP contribution in [0.5, 0.6) is 5.75 Å². The van der Waals surface area contributed by atoms with E-state index in [1.807, 2.05) is 9.80 Å². The van der Waals surface area contributed by atoms with E-state index in [1.165, 1.54) is 0 Å². The fourth-order valence-electron chi connectivity index (χ4n) is 7.95. The molecule has 0 aliphatic rings. The van der Waals surface area contributed by atoms with Crippen LogP contribution in [0.4, 0.5) is 4.79 Å². The Morgan fingerprint density at radius 3 is 0.989 bits per heavy atom. The summed E-state index contributed by atoms with van der Waals surface area (Å²) in [5.74, 6) is -2.50. The monoisotopic (exact) mass is 1210 g/mol. The second-order valence-corrected chi connectivity index (χ2v) is 25.4. The van der Waals surface area contributed by atoms with E-state index in [0.717, 1.165) is 0 Å². The fourth-order valence-corrected chi connectivity index (χ4v) is 7.95. The van der Waals surface area contributed by atoms with Gasteiger partial charge in [-0.2, -0.15) is 0 Å². The first kappa shape index (κ1) is 69.8. The molecule has 23 heteroatoms. The molecule has 0 fully saturated rings. The number of ether oxygens (including phenoxy) is 8. The highest BCUT2D eigenvalue weighted by atomic mass is 16.6. The minimum absolute atomic E-state index is 0.112. The molecular weight excluding hydrogens is 1120 g/mol. The van der Waals surface area contributed by atoms with Crippen molar-refractivity contribution in [3.8, 4) is 5.75 Å². The number of hydrogen-bond donors (Lipinski definition) is 2. The molecule has 5 aromatic rings. The molecule has 2 N–H and O–H groups in total. The van der Waals surface area contributed by atoms with Crippen molar-refractivity contribution in [2.45, 2.75) is 171 Å². The summed E-state index contributed by atoms with van der Waals surface area (Å²) < 4.78 is 45.3. The lowest BCUT2D eigenvalue weighted by atomic mass is 10.2. The van der Waals surface area contributed by atoms with Gasteiger partial charge in [0.15, 0.2) is 6.61 Å². The van der Waals surface area contributed by atoms with Gasteiger partial charge in [-0.15, -0.1) is 0 Å². The molecule has 5 rings (SSSR count). The van der Waals surface area contributed by atoms with Gasteiger partial charge in [0.25, 0.3) is 5.91 Å². The summed E-state index contributed by atoms with van der Waals surface area (Å²) >= 11 is 0. The highest BCUT2D eigenvalue weighted by Crippen LogP contribution is 2.23. The molecule has 5 heterocycles. The SMILES string of the molecule is CC(C)(C)OC(=O)NCCOCCOCCNC(=O)COc1cc(CN(Cc2cccc(C(=O)OC(C)(C)C)n2)Cc2cccc(C(=O)OC(C)(C)C)n2)nc(CN(Cc2cccc(C(=O)OC(C)(C)C)n2)Cc2cccc(C(=O)OC(C)(C)C)n2)c1. The normalized spacial score (nSPS) is 12.1. The molecule has 87 heavy (non-hydrogen) atoms. The maximum atomic E-state index is 13.4. The number of carbonyl (C=O) groups excluding carboxylic acids is 6. The molecule has 2 amide bonds. The lowest BCUT2D eigenvalue weighted by Crippen LogP contribution is -2.34. The quantitative estimate of drug-likeness (QED) is 0.0269. The average molecular weight is 1210 g/mol. The van der Waals surface area contributed by atoms with Crippen molar-refractivity contribution >= 4 is 35.9 Å². The maximum absolute atomic E-state index is 13.4. The van der Waals surface area contributed by atoms with Gasteiger partial charge in [-0.1, -0.05) is 24.3 Å². The number of pyridine rings is 5. The van der Waals surface area contributed by atoms with Crippen molar-refractivity contribution < 1.29 is 66.7 Å². The number of carbonyl (C=O) groups is 6. The summed E-state index contributed by atoms with van der Waals surface area (Å²) in [6, 6.07) is 23.8. The summed E-state index contributed by atoms with van der Waals surface area (Å²) in [5.41, 5.74) is -0.189. The molecule has 0 aromatic carbocycles. The number of aromatic nitrogens is 5. The van der Waals surface area contributed by atoms with Crippen molar-refractivity contribution in [3.63, 3.8) is 0 Å². The van der Waals surface area contributed by atoms with E-state index in [-0.39, 0.29) is 108 Å². The zero-order valence-corrected chi connectivity index (χ0v) is 53.1. The van der Waals surface area contributed by atoms with Gasteiger partial charge in [0.1, 0.15) is 56.5 Å². The molecule has 0 atom stereocenters. The van der Waals surface area contributed by atoms with Crippen molar-refractivity contribution in [1.29, 1.82) is 0 Å². The Balaban J connectivity index is 1.48. The Morgan fingerprint density at radius 1 is 0.379 bits per heavy atom. The van der Waals surface area contributed by atoms with Crippen LogP contribution in [-0.2, 0) is 77.2 Å². The molecule has 472 valence electrons. The predicted octanol–water partition coefficient (Wildman–Crippen LogP) is 8.94. The molecule has 0 bridgehead atoms. The molecule has 23 nitrogen and oxygen atoms in total. The second-order valence-electron chi connectivity index (χ2n) is 25.4. The lowest BCUT2D eigenvalue weighted by Gasteiger charge is -2.25. The van der Waals surface area contributed by atoms with Crippen LogP contribution in [0.3, 0.4) is 0 Å². The van der Waals surface area contributed by atoms with Gasteiger partial charge >= 0.3 is 30.0 Å². The van der Waals surface area contributed by atoms with Crippen LogP contribution in [0, 0.1) is 0 Å². The van der Waals surface area contributed by atoms with Gasteiger partial charge in [-0.25, -0.2) is 43.9 Å². The molecule has 0 aliphatic carbocycles. The van der Waals surface area contributed by atoms with Crippen LogP contribution in [0.25, 0.3) is 0 Å². The summed E-state index contributed by atoms with van der Waals surface area (Å²) in [4.78, 5) is 106. The summed E-state index contributed by atoms with van der Waals surface area (Å²) in [6.07, 6.45) is -0.531. The third kappa shape index (κ3) is 27.9. The number of nitrogens with zero attached hydrogens (tertiary/aromatic N) is 7. The standard InChI is InChI=1S/C64H87N9O14/c1-60(2,3)83-55(75)50-24-16-20-43(68-50)36-72(37-44-21-17-25-51(69-44)56(76)84-61(4,5)6)40-47-34-49(82-42-54(74)65-28-30-80-32-33-81-31-29-66-59(79)87-64(13,14)15)35-48(67-47)41-73(38-45-22-18-26-52(70-45)57(77)85-62(7,8)9)39-46-23-19-27-53(71-46)58(78)86-63(10,11)12/h16-27,34-35H,28-33,36-42H2,1-15H3,(H,65,74)(H,66,79). The first-order valence-electron chi connectivity index (χ1n) is 28.9. The number of hydrogen-bond acceptors (Lipinski definition) is 21. The van der Waals surface area contributed by atoms with Crippen LogP contribution in [0.2, 0.25) is 0 Å². The highest BCUT2D eigenvalue weighted by Gasteiger charge is 2.25. The average Bonchev–Trinajstić information content (AvgIpc) is 2.88. The molecular formula is C64H87N9O14. The van der Waals surface area contributed by atoms with Crippen molar-refractivity contribution in [2.24, 2.45) is 0 Å². The maximum Gasteiger partial charge on any atom is 0.407 e. The molecule has 0 saturated heterocycles. The molecule has 0 radical (unpaired) electrons. The van der Waals surface area contributed by atoms with E-state index in [0.29, 0.717) is 39.9 Å². The van der Waals surface area contributed by atoms with Gasteiger partial charge in [0.2, 0.25) is 0 Å². The highest BCUT2D eigenvalue weighted by molar-refractivity contribution is 5.89. The summed E-state index contributed by atoms with van der Waals surface area (Å²) in [6.45, 7) is 28.5. The van der Waals surface area contributed by atoms with Crippen LogP contribution in [-0.4, -0.2) is 145 Å². The van der Waals surface area contributed by atoms with Crippen molar-refractivity contribution in [2.75, 3.05) is 46.1 Å². The van der Waals surface area contributed by atoms with Gasteiger partial charge in [-0.05, 0) is 152 Å². The zero-order chi connectivity index (χ0) is 64.2. The van der Waals surface area contributed by atoms with Gasteiger partial charge in [-0.3, -0.25) is 19.6 Å². The number of rotatable bonds is 28. The van der Waals surface area contributed by atoms with Gasteiger partial charge < -0.3 is 48.5 Å². The third-order valence-electron chi connectivity index (χ3n) is 11.1. The van der Waals surface area contributed by atoms with E-state index >= 15 is 0 Å². The number of alkyl carbamates (subject to hydrolysis) is 1. The van der Waals surface area contributed by atoms with E-state index in [2.05, 4.69) is 10.6 Å². The van der Waals surface area contributed by atoms with Crippen molar-refractivity contribution in [1.82, 2.24) is 45.4 Å². The Kier molecular flexibility index (Phi) is 25.3. The summed E-state index contributed by atoms with van der Waals surface area (Å²) in [5, 5.41) is 5.44. The number of amides is 2. The molecule has 0 spiro atoms. The number of esters is 4. The zero-order valence-electron chi connectivity index (χ0n) is 53.1. The molecule has 5 aromatic heterocycles. The van der Waals surface area contributed by atoms with Gasteiger partial charge in [0.05, 0.1) is 60.6 Å². The van der Waals surface area contributed by atoms with Crippen LogP contribution in [0.1, 0.15) is 180 Å². The second kappa shape index (κ2) is 31.6. The van der Waals surface area contributed by atoms with E-state index in [1.54, 1.807) is 189 Å². The fraction of sp³-hybridized carbons (Fsp3) is 0.516. The Hall–Kier alpha value is -7.99. The van der Waals surface area contributed by atoms with E-state index in [4.69, 9.17) is 62.8 Å². The largest absolute Gasteiger partial charge is 0.484 e.